The van der Waals surface area contributed by atoms with Crippen LogP contribution in [0.5, 0.6) is 0 Å². The van der Waals surface area contributed by atoms with Crippen LogP contribution in [0.3, 0.4) is 0 Å². The third-order valence-electron chi connectivity index (χ3n) is 3.88. The van der Waals surface area contributed by atoms with Gasteiger partial charge in [-0.2, -0.15) is 0 Å². The number of aromatic nitrogens is 1. The molecule has 2 rings (SSSR count). The van der Waals surface area contributed by atoms with E-state index < -0.39 is 0 Å². The van der Waals surface area contributed by atoms with Gasteiger partial charge in [0.1, 0.15) is 5.82 Å². The molecule has 1 aliphatic carbocycles. The molecule has 3 nitrogen and oxygen atoms in total. The molecule has 1 unspecified atom stereocenters. The fourth-order valence-corrected chi connectivity index (χ4v) is 3.18. The van der Waals surface area contributed by atoms with Gasteiger partial charge in [-0.05, 0) is 37.9 Å². The Kier molecular flexibility index (Phi) is 4.88. The van der Waals surface area contributed by atoms with E-state index >= 15 is 0 Å². The molecule has 0 bridgehead atoms. The van der Waals surface area contributed by atoms with Gasteiger partial charge in [-0.25, -0.2) is 4.39 Å². The largest absolute Gasteiger partial charge is 0.373 e. The summed E-state index contributed by atoms with van der Waals surface area (Å²) in [6.45, 7) is 5.60. The van der Waals surface area contributed by atoms with Crippen LogP contribution in [0, 0.1) is 5.82 Å². The van der Waals surface area contributed by atoms with E-state index in [9.17, 15) is 4.39 Å². The monoisotopic (exact) mass is 266 g/mol. The molecule has 0 aromatic carbocycles. The highest BCUT2D eigenvalue weighted by molar-refractivity contribution is 5.20. The van der Waals surface area contributed by atoms with Crippen molar-refractivity contribution in [3.05, 3.63) is 29.8 Å². The van der Waals surface area contributed by atoms with Crippen molar-refractivity contribution in [1.82, 2.24) is 10.3 Å². The van der Waals surface area contributed by atoms with Crippen LogP contribution in [-0.4, -0.2) is 23.7 Å². The lowest BCUT2D eigenvalue weighted by molar-refractivity contribution is -0.0624. The Bertz CT molecular complexity index is 405. The molecule has 1 aromatic heterocycles. The summed E-state index contributed by atoms with van der Waals surface area (Å²) in [5.41, 5.74) is 0.678. The molecule has 0 amide bonds. The first-order valence-corrected chi connectivity index (χ1v) is 7.19. The molecule has 1 aliphatic rings. The second kappa shape index (κ2) is 6.44. The predicted molar refractivity (Wildman–Crippen MR) is 73.4 cm³/mol. The maximum Gasteiger partial charge on any atom is 0.141 e. The van der Waals surface area contributed by atoms with E-state index in [0.717, 1.165) is 24.9 Å². The highest BCUT2D eigenvalue weighted by Gasteiger charge is 2.42. The SMILES string of the molecule is CCNC(c1cncc(F)c1)C1(OCC)CCCC1. The minimum absolute atomic E-state index is 0.0168. The third-order valence-corrected chi connectivity index (χ3v) is 3.88. The van der Waals surface area contributed by atoms with Crippen molar-refractivity contribution < 1.29 is 9.13 Å². The molecule has 106 valence electrons. The zero-order valence-electron chi connectivity index (χ0n) is 11.8. The molecule has 1 saturated carbocycles. The minimum Gasteiger partial charge on any atom is -0.373 e. The van der Waals surface area contributed by atoms with E-state index in [1.54, 1.807) is 12.3 Å². The molecule has 0 spiro atoms. The van der Waals surface area contributed by atoms with E-state index in [1.165, 1.54) is 19.0 Å². The summed E-state index contributed by atoms with van der Waals surface area (Å²) in [6.07, 6.45) is 7.38. The van der Waals surface area contributed by atoms with Crippen molar-refractivity contribution in [2.24, 2.45) is 0 Å². The Morgan fingerprint density at radius 1 is 1.37 bits per heavy atom. The molecule has 4 heteroatoms. The van der Waals surface area contributed by atoms with E-state index in [4.69, 9.17) is 4.74 Å². The molecule has 1 N–H and O–H groups in total. The standard InChI is InChI=1S/C15H23FN2O/c1-3-18-14(12-9-13(16)11-17-10-12)15(19-4-2)7-5-6-8-15/h9-11,14,18H,3-8H2,1-2H3. The number of ether oxygens (including phenoxy) is 1. The lowest BCUT2D eigenvalue weighted by Gasteiger charge is -2.38. The highest BCUT2D eigenvalue weighted by atomic mass is 19.1. The second-order valence-electron chi connectivity index (χ2n) is 5.13. The molecular formula is C15H23FN2O. The number of halogens is 1. The van der Waals surface area contributed by atoms with Gasteiger partial charge in [0, 0.05) is 12.8 Å². The molecule has 1 fully saturated rings. The van der Waals surface area contributed by atoms with Crippen LogP contribution < -0.4 is 5.32 Å². The maximum absolute atomic E-state index is 13.4. The first-order valence-electron chi connectivity index (χ1n) is 7.19. The Morgan fingerprint density at radius 3 is 2.68 bits per heavy atom. The number of hydrogen-bond acceptors (Lipinski definition) is 3. The number of likely N-dealkylation sites (N-methyl/N-ethyl adjacent to an activating group) is 1. The zero-order chi connectivity index (χ0) is 13.7. The molecule has 1 atom stereocenters. The summed E-state index contributed by atoms with van der Waals surface area (Å²) in [5.74, 6) is -0.287. The smallest absolute Gasteiger partial charge is 0.141 e. The van der Waals surface area contributed by atoms with Gasteiger partial charge in [0.25, 0.3) is 0 Å². The van der Waals surface area contributed by atoms with Crippen molar-refractivity contribution in [2.75, 3.05) is 13.2 Å². The molecule has 1 heterocycles. The summed E-state index contributed by atoms with van der Waals surface area (Å²) in [5, 5.41) is 3.46. The van der Waals surface area contributed by atoms with Crippen LogP contribution in [-0.2, 0) is 4.74 Å². The van der Waals surface area contributed by atoms with E-state index in [-0.39, 0.29) is 17.5 Å². The van der Waals surface area contributed by atoms with E-state index in [0.29, 0.717) is 6.61 Å². The lowest BCUT2D eigenvalue weighted by Crippen LogP contribution is -2.44. The van der Waals surface area contributed by atoms with Gasteiger partial charge in [0.15, 0.2) is 0 Å². The fourth-order valence-electron chi connectivity index (χ4n) is 3.18. The molecule has 1 aromatic rings. The summed E-state index contributed by atoms with van der Waals surface area (Å²) in [7, 11) is 0. The van der Waals surface area contributed by atoms with Gasteiger partial charge in [-0.3, -0.25) is 4.98 Å². The summed E-state index contributed by atoms with van der Waals surface area (Å²) >= 11 is 0. The van der Waals surface area contributed by atoms with Crippen molar-refractivity contribution >= 4 is 0 Å². The van der Waals surface area contributed by atoms with Crippen molar-refractivity contribution in [1.29, 1.82) is 0 Å². The Labute approximate surface area is 114 Å². The van der Waals surface area contributed by atoms with Crippen LogP contribution in [0.25, 0.3) is 0 Å². The number of pyridine rings is 1. The van der Waals surface area contributed by atoms with Gasteiger partial charge in [-0.15, -0.1) is 0 Å². The van der Waals surface area contributed by atoms with Crippen molar-refractivity contribution in [3.8, 4) is 0 Å². The molecule has 19 heavy (non-hydrogen) atoms. The molecule has 0 radical (unpaired) electrons. The van der Waals surface area contributed by atoms with Crippen LogP contribution in [0.2, 0.25) is 0 Å². The minimum atomic E-state index is -0.287. The Balaban J connectivity index is 2.32. The number of rotatable bonds is 6. The normalized spacial score (nSPS) is 19.5. The first kappa shape index (κ1) is 14.4. The van der Waals surface area contributed by atoms with Crippen LogP contribution >= 0.6 is 0 Å². The van der Waals surface area contributed by atoms with Crippen LogP contribution in [0.15, 0.2) is 18.5 Å². The number of hydrogen-bond donors (Lipinski definition) is 1. The average Bonchev–Trinajstić information content (AvgIpc) is 2.86. The summed E-state index contributed by atoms with van der Waals surface area (Å²) in [6, 6.07) is 1.59. The highest BCUT2D eigenvalue weighted by Crippen LogP contribution is 2.42. The Hall–Kier alpha value is -1.00. The Morgan fingerprint density at radius 2 is 2.11 bits per heavy atom. The van der Waals surface area contributed by atoms with Crippen molar-refractivity contribution in [3.63, 3.8) is 0 Å². The van der Waals surface area contributed by atoms with Gasteiger partial charge in [0.2, 0.25) is 0 Å². The first-order chi connectivity index (χ1) is 9.22. The van der Waals surface area contributed by atoms with Gasteiger partial charge in [0.05, 0.1) is 17.8 Å². The predicted octanol–water partition coefficient (Wildman–Crippen LogP) is 3.22. The topological polar surface area (TPSA) is 34.2 Å². The quantitative estimate of drug-likeness (QED) is 0.858. The maximum atomic E-state index is 13.4. The van der Waals surface area contributed by atoms with Gasteiger partial charge in [-0.1, -0.05) is 19.8 Å². The molecule has 0 saturated heterocycles. The van der Waals surface area contributed by atoms with Gasteiger partial charge >= 0.3 is 0 Å². The average molecular weight is 266 g/mol. The van der Waals surface area contributed by atoms with Crippen molar-refractivity contribution in [2.45, 2.75) is 51.2 Å². The summed E-state index contributed by atoms with van der Waals surface area (Å²) < 4.78 is 19.5. The lowest BCUT2D eigenvalue weighted by atomic mass is 9.87. The number of nitrogens with zero attached hydrogens (tertiary/aromatic N) is 1. The third kappa shape index (κ3) is 3.12. The summed E-state index contributed by atoms with van der Waals surface area (Å²) in [4.78, 5) is 3.98. The second-order valence-corrected chi connectivity index (χ2v) is 5.13. The van der Waals surface area contributed by atoms with E-state index in [1.807, 2.05) is 6.92 Å². The van der Waals surface area contributed by atoms with Crippen LogP contribution in [0.1, 0.15) is 51.1 Å². The van der Waals surface area contributed by atoms with E-state index in [2.05, 4.69) is 17.2 Å². The van der Waals surface area contributed by atoms with Crippen LogP contribution in [0.4, 0.5) is 4.39 Å². The number of nitrogens with one attached hydrogen (secondary N) is 1. The zero-order valence-corrected chi connectivity index (χ0v) is 11.8. The fraction of sp³-hybridized carbons (Fsp3) is 0.667. The van der Waals surface area contributed by atoms with Gasteiger partial charge < -0.3 is 10.1 Å². The molecule has 0 aliphatic heterocycles. The molecular weight excluding hydrogens is 243 g/mol.